The van der Waals surface area contributed by atoms with Crippen LogP contribution in [0.2, 0.25) is 0 Å². The van der Waals surface area contributed by atoms with E-state index < -0.39 is 26.5 Å². The first kappa shape index (κ1) is 17.2. The number of nitrogens with zero attached hydrogens (tertiary/aromatic N) is 1. The van der Waals surface area contributed by atoms with E-state index in [9.17, 15) is 22.9 Å². The summed E-state index contributed by atoms with van der Waals surface area (Å²) in [6.07, 6.45) is 2.32. The van der Waals surface area contributed by atoms with Gasteiger partial charge < -0.3 is 4.74 Å². The number of hydrogen-bond donors (Lipinski definition) is 1. The third kappa shape index (κ3) is 5.21. The molecule has 1 aromatic rings. The third-order valence-corrected chi connectivity index (χ3v) is 3.89. The fourth-order valence-corrected chi connectivity index (χ4v) is 2.43. The second kappa shape index (κ2) is 7.81. The van der Waals surface area contributed by atoms with E-state index in [4.69, 9.17) is 4.74 Å². The predicted octanol–water partition coefficient (Wildman–Crippen LogP) is 1.60. The van der Waals surface area contributed by atoms with Gasteiger partial charge in [-0.3, -0.25) is 10.1 Å². The Labute approximate surface area is 121 Å². The molecule has 116 valence electrons. The molecule has 0 heterocycles. The summed E-state index contributed by atoms with van der Waals surface area (Å²) < 4.78 is 44.4. The van der Waals surface area contributed by atoms with Crippen LogP contribution in [0, 0.1) is 15.9 Å². The first-order chi connectivity index (χ1) is 9.88. The van der Waals surface area contributed by atoms with E-state index >= 15 is 0 Å². The van der Waals surface area contributed by atoms with Crippen molar-refractivity contribution in [1.29, 1.82) is 0 Å². The minimum atomic E-state index is -3.93. The Balaban J connectivity index is 2.64. The zero-order chi connectivity index (χ0) is 15.9. The molecule has 0 saturated carbocycles. The lowest BCUT2D eigenvalue weighted by Crippen LogP contribution is -2.27. The number of nitro benzene ring substituents is 1. The van der Waals surface area contributed by atoms with Crippen molar-refractivity contribution in [2.45, 2.75) is 11.3 Å². The highest BCUT2D eigenvalue weighted by Gasteiger charge is 2.20. The van der Waals surface area contributed by atoms with Gasteiger partial charge in [0.1, 0.15) is 0 Å². The summed E-state index contributed by atoms with van der Waals surface area (Å²) >= 11 is 0. The molecule has 0 fully saturated rings. The summed E-state index contributed by atoms with van der Waals surface area (Å²) in [5.74, 6) is -1.20. The molecule has 0 aliphatic carbocycles. The lowest BCUT2D eigenvalue weighted by molar-refractivity contribution is -0.387. The Morgan fingerprint density at radius 2 is 2.14 bits per heavy atom. The van der Waals surface area contributed by atoms with Crippen LogP contribution in [0.3, 0.4) is 0 Å². The maximum atomic E-state index is 13.4. The Kier molecular flexibility index (Phi) is 6.40. The van der Waals surface area contributed by atoms with E-state index in [0.717, 1.165) is 12.1 Å². The van der Waals surface area contributed by atoms with Crippen molar-refractivity contribution >= 4 is 15.7 Å². The van der Waals surface area contributed by atoms with Crippen LogP contribution in [-0.2, 0) is 14.8 Å². The molecule has 0 bridgehead atoms. The summed E-state index contributed by atoms with van der Waals surface area (Å²) in [6.45, 7) is 4.11. The lowest BCUT2D eigenvalue weighted by Gasteiger charge is -2.07. The highest BCUT2D eigenvalue weighted by atomic mass is 32.2. The smallest absolute Gasteiger partial charge is 0.304 e. The van der Waals surface area contributed by atoms with Crippen LogP contribution in [0.4, 0.5) is 10.1 Å². The van der Waals surface area contributed by atoms with E-state index in [2.05, 4.69) is 11.3 Å². The van der Waals surface area contributed by atoms with Gasteiger partial charge in [-0.2, -0.15) is 4.39 Å². The number of ether oxygens (including phenoxy) is 1. The van der Waals surface area contributed by atoms with Gasteiger partial charge in [0.2, 0.25) is 15.8 Å². The van der Waals surface area contributed by atoms with Gasteiger partial charge in [-0.15, -0.1) is 6.58 Å². The quantitative estimate of drug-likeness (QED) is 0.323. The highest BCUT2D eigenvalue weighted by molar-refractivity contribution is 7.89. The van der Waals surface area contributed by atoms with Crippen LogP contribution < -0.4 is 4.72 Å². The molecule has 0 spiro atoms. The number of nitrogens with one attached hydrogen (secondary N) is 1. The van der Waals surface area contributed by atoms with Gasteiger partial charge in [0.15, 0.2) is 0 Å². The van der Waals surface area contributed by atoms with Gasteiger partial charge in [-0.05, 0) is 12.5 Å². The average Bonchev–Trinajstić information content (AvgIpc) is 2.42. The predicted molar refractivity (Wildman–Crippen MR) is 73.9 cm³/mol. The third-order valence-electron chi connectivity index (χ3n) is 2.43. The number of benzene rings is 1. The SMILES string of the molecule is C=CCCOCCNS(=O)(=O)c1ccc([N+](=O)[O-])c(F)c1. The number of rotatable bonds is 9. The molecule has 21 heavy (non-hydrogen) atoms. The van der Waals surface area contributed by atoms with Crippen molar-refractivity contribution in [3.63, 3.8) is 0 Å². The van der Waals surface area contributed by atoms with Gasteiger partial charge in [0, 0.05) is 18.7 Å². The monoisotopic (exact) mass is 318 g/mol. The van der Waals surface area contributed by atoms with E-state index in [0.29, 0.717) is 19.1 Å². The van der Waals surface area contributed by atoms with Crippen LogP contribution in [0.1, 0.15) is 6.42 Å². The zero-order valence-electron chi connectivity index (χ0n) is 11.1. The molecule has 1 aromatic carbocycles. The second-order valence-electron chi connectivity index (χ2n) is 3.96. The largest absolute Gasteiger partial charge is 0.380 e. The van der Waals surface area contributed by atoms with Crippen LogP contribution >= 0.6 is 0 Å². The Morgan fingerprint density at radius 1 is 1.43 bits per heavy atom. The molecule has 0 atom stereocenters. The van der Waals surface area contributed by atoms with Crippen LogP contribution in [0.5, 0.6) is 0 Å². The van der Waals surface area contributed by atoms with E-state index in [-0.39, 0.29) is 18.0 Å². The number of sulfonamides is 1. The molecule has 0 unspecified atom stereocenters. The van der Waals surface area contributed by atoms with Crippen molar-refractivity contribution in [2.75, 3.05) is 19.8 Å². The van der Waals surface area contributed by atoms with Crippen molar-refractivity contribution in [2.24, 2.45) is 0 Å². The van der Waals surface area contributed by atoms with Gasteiger partial charge in [0.05, 0.1) is 23.0 Å². The Bertz CT molecular complexity index is 618. The Hall–Kier alpha value is -1.84. The molecule has 1 rings (SSSR count). The summed E-state index contributed by atoms with van der Waals surface area (Å²) in [5, 5.41) is 10.5. The summed E-state index contributed by atoms with van der Waals surface area (Å²) in [7, 11) is -3.93. The standard InChI is InChI=1S/C12H15FN2O5S/c1-2-3-7-20-8-6-14-21(18,19)10-4-5-12(15(16)17)11(13)9-10/h2,4-5,9,14H,1,3,6-8H2. The minimum absolute atomic E-state index is 0.0120. The highest BCUT2D eigenvalue weighted by Crippen LogP contribution is 2.20. The topological polar surface area (TPSA) is 98.5 Å². The molecule has 0 saturated heterocycles. The van der Waals surface area contributed by atoms with Crippen LogP contribution in [0.15, 0.2) is 35.7 Å². The molecule has 9 heteroatoms. The fourth-order valence-electron chi connectivity index (χ4n) is 1.40. The van der Waals surface area contributed by atoms with Crippen molar-refractivity contribution in [1.82, 2.24) is 4.72 Å². The summed E-state index contributed by atoms with van der Waals surface area (Å²) in [5.41, 5.74) is -0.776. The van der Waals surface area contributed by atoms with Crippen LogP contribution in [0.25, 0.3) is 0 Å². The van der Waals surface area contributed by atoms with Crippen molar-refractivity contribution in [3.05, 3.63) is 46.8 Å². The molecule has 0 aromatic heterocycles. The van der Waals surface area contributed by atoms with Crippen molar-refractivity contribution in [3.8, 4) is 0 Å². The number of hydrogen-bond acceptors (Lipinski definition) is 5. The fraction of sp³-hybridized carbons (Fsp3) is 0.333. The molecule has 0 aliphatic rings. The van der Waals surface area contributed by atoms with E-state index in [1.54, 1.807) is 6.08 Å². The molecule has 1 N–H and O–H groups in total. The molecule has 7 nitrogen and oxygen atoms in total. The van der Waals surface area contributed by atoms with Crippen molar-refractivity contribution < 1.29 is 22.5 Å². The second-order valence-corrected chi connectivity index (χ2v) is 5.72. The van der Waals surface area contributed by atoms with E-state index in [1.807, 2.05) is 0 Å². The first-order valence-corrected chi connectivity index (χ1v) is 7.49. The molecular formula is C12H15FN2O5S. The lowest BCUT2D eigenvalue weighted by atomic mass is 10.3. The van der Waals surface area contributed by atoms with Gasteiger partial charge in [-0.25, -0.2) is 13.1 Å². The van der Waals surface area contributed by atoms with Gasteiger partial charge >= 0.3 is 5.69 Å². The Morgan fingerprint density at radius 3 is 2.71 bits per heavy atom. The molecule has 0 radical (unpaired) electrons. The van der Waals surface area contributed by atoms with E-state index in [1.165, 1.54) is 0 Å². The molecule has 0 amide bonds. The summed E-state index contributed by atoms with van der Waals surface area (Å²) in [6, 6.07) is 2.39. The minimum Gasteiger partial charge on any atom is -0.380 e. The number of nitro groups is 1. The first-order valence-electron chi connectivity index (χ1n) is 6.00. The molecule has 0 aliphatic heterocycles. The maximum Gasteiger partial charge on any atom is 0.304 e. The van der Waals surface area contributed by atoms with Gasteiger partial charge in [0.25, 0.3) is 0 Å². The number of halogens is 1. The van der Waals surface area contributed by atoms with Gasteiger partial charge in [-0.1, -0.05) is 6.08 Å². The maximum absolute atomic E-state index is 13.4. The zero-order valence-corrected chi connectivity index (χ0v) is 11.9. The van der Waals surface area contributed by atoms with Crippen LogP contribution in [-0.4, -0.2) is 33.1 Å². The summed E-state index contributed by atoms with van der Waals surface area (Å²) in [4.78, 5) is 9.15. The average molecular weight is 318 g/mol. The molecular weight excluding hydrogens is 303 g/mol. The normalized spacial score (nSPS) is 11.3.